The summed E-state index contributed by atoms with van der Waals surface area (Å²) in [6.45, 7) is 4.47. The van der Waals surface area contributed by atoms with Gasteiger partial charge in [0.1, 0.15) is 11.6 Å². The quantitative estimate of drug-likeness (QED) is 0.533. The first-order chi connectivity index (χ1) is 19.8. The number of aliphatic hydroxyl groups excluding tert-OH is 1. The Kier molecular flexibility index (Phi) is 7.26. The molecular weight excluding hydrogens is 542 g/mol. The summed E-state index contributed by atoms with van der Waals surface area (Å²) in [7, 11) is 0. The molecule has 6 rings (SSSR count). The molecule has 214 valence electrons. The lowest BCUT2D eigenvalue weighted by molar-refractivity contribution is -0.147. The van der Waals surface area contributed by atoms with Gasteiger partial charge >= 0.3 is 0 Å². The van der Waals surface area contributed by atoms with Gasteiger partial charge in [-0.15, -0.1) is 0 Å². The van der Waals surface area contributed by atoms with Crippen molar-refractivity contribution in [2.45, 2.75) is 50.6 Å². The fourth-order valence-electron chi connectivity index (χ4n) is 7.05. The second-order valence-corrected chi connectivity index (χ2v) is 11.6. The van der Waals surface area contributed by atoms with Crippen LogP contribution in [0.5, 0.6) is 0 Å². The van der Waals surface area contributed by atoms with E-state index in [2.05, 4.69) is 0 Å². The minimum Gasteiger partial charge on any atom is -0.394 e. The zero-order valence-electron chi connectivity index (χ0n) is 23.2. The van der Waals surface area contributed by atoms with Crippen LogP contribution in [0.15, 0.2) is 72.8 Å². The van der Waals surface area contributed by atoms with Crippen molar-refractivity contribution >= 4 is 35.0 Å². The molecule has 6 atom stereocenters. The van der Waals surface area contributed by atoms with Crippen molar-refractivity contribution in [3.63, 3.8) is 0 Å². The fraction of sp³-hybridized carbons (Fsp3) is 0.406. The number of carbonyl (C=O) groups is 3. The van der Waals surface area contributed by atoms with Crippen molar-refractivity contribution < 1.29 is 24.2 Å². The first-order valence-corrected chi connectivity index (χ1v) is 14.5. The molecule has 1 N–H and O–H groups in total. The predicted molar refractivity (Wildman–Crippen MR) is 155 cm³/mol. The zero-order valence-corrected chi connectivity index (χ0v) is 23.9. The van der Waals surface area contributed by atoms with Gasteiger partial charge in [-0.2, -0.15) is 0 Å². The highest BCUT2D eigenvalue weighted by atomic mass is 35.5. The number of para-hydroxylation sites is 1. The molecule has 0 aromatic heterocycles. The Hall–Kier alpha value is -3.46. The summed E-state index contributed by atoms with van der Waals surface area (Å²) in [6, 6.07) is 13.5. The number of ether oxygens (including phenoxy) is 1. The summed E-state index contributed by atoms with van der Waals surface area (Å²) in [4.78, 5) is 48.0. The summed E-state index contributed by atoms with van der Waals surface area (Å²) in [5.41, 5.74) is 1.02. The fourth-order valence-corrected chi connectivity index (χ4v) is 7.37. The second kappa shape index (κ2) is 10.7. The monoisotopic (exact) mass is 575 g/mol. The number of likely N-dealkylation sites (tertiary alicyclic amines) is 1. The number of hydrogen-bond donors (Lipinski definition) is 1. The lowest BCUT2D eigenvalue weighted by Crippen LogP contribution is -2.58. The largest absolute Gasteiger partial charge is 0.394 e. The van der Waals surface area contributed by atoms with E-state index in [9.17, 15) is 19.5 Å². The molecule has 0 bridgehead atoms. The molecule has 2 saturated heterocycles. The lowest BCUT2D eigenvalue weighted by Gasteiger charge is -2.38. The van der Waals surface area contributed by atoms with Crippen LogP contribution in [0.1, 0.15) is 24.5 Å². The lowest BCUT2D eigenvalue weighted by atomic mass is 9.77. The van der Waals surface area contributed by atoms with E-state index in [1.807, 2.05) is 80.6 Å². The number of aliphatic hydroxyl groups is 1. The summed E-state index contributed by atoms with van der Waals surface area (Å²) in [5.74, 6) is -2.59. The van der Waals surface area contributed by atoms with Crippen LogP contribution >= 0.6 is 11.6 Å². The van der Waals surface area contributed by atoms with Crippen LogP contribution in [-0.4, -0.2) is 76.1 Å². The van der Waals surface area contributed by atoms with Crippen LogP contribution in [0.3, 0.4) is 0 Å². The number of anilines is 1. The molecule has 2 fully saturated rings. The number of halogens is 1. The Morgan fingerprint density at radius 2 is 1.80 bits per heavy atom. The van der Waals surface area contributed by atoms with Crippen molar-refractivity contribution in [1.82, 2.24) is 9.80 Å². The maximum absolute atomic E-state index is 14.6. The maximum Gasteiger partial charge on any atom is 0.253 e. The third-order valence-corrected chi connectivity index (χ3v) is 9.24. The highest BCUT2D eigenvalue weighted by Gasteiger charge is 2.72. The topological polar surface area (TPSA) is 90.4 Å². The number of amides is 3. The van der Waals surface area contributed by atoms with Crippen LogP contribution in [0.2, 0.25) is 5.02 Å². The Bertz CT molecular complexity index is 1400. The second-order valence-electron chi connectivity index (χ2n) is 11.2. The first kappa shape index (κ1) is 27.7. The van der Waals surface area contributed by atoms with Gasteiger partial charge in [0, 0.05) is 19.6 Å². The van der Waals surface area contributed by atoms with Crippen LogP contribution in [0.25, 0.3) is 0 Å². The van der Waals surface area contributed by atoms with Gasteiger partial charge in [0.05, 0.1) is 41.3 Å². The molecule has 2 aromatic carbocycles. The molecule has 0 saturated carbocycles. The van der Waals surface area contributed by atoms with Gasteiger partial charge < -0.3 is 24.5 Å². The molecule has 41 heavy (non-hydrogen) atoms. The number of hydrogen-bond acceptors (Lipinski definition) is 5. The Morgan fingerprint density at radius 1 is 1.02 bits per heavy atom. The number of benzene rings is 2. The molecule has 9 heteroatoms. The van der Waals surface area contributed by atoms with E-state index >= 15 is 0 Å². The van der Waals surface area contributed by atoms with Crippen molar-refractivity contribution in [3.05, 3.63) is 89.0 Å². The molecule has 8 nitrogen and oxygen atoms in total. The van der Waals surface area contributed by atoms with Crippen LogP contribution < -0.4 is 4.90 Å². The van der Waals surface area contributed by atoms with Gasteiger partial charge in [0.2, 0.25) is 11.8 Å². The van der Waals surface area contributed by atoms with Crippen molar-refractivity contribution in [2.24, 2.45) is 11.8 Å². The van der Waals surface area contributed by atoms with Crippen molar-refractivity contribution in [3.8, 4) is 0 Å². The smallest absolute Gasteiger partial charge is 0.253 e. The van der Waals surface area contributed by atoms with E-state index in [-0.39, 0.29) is 30.9 Å². The van der Waals surface area contributed by atoms with Gasteiger partial charge in [-0.1, -0.05) is 85.3 Å². The van der Waals surface area contributed by atoms with Gasteiger partial charge in [0.25, 0.3) is 5.91 Å². The van der Waals surface area contributed by atoms with Crippen molar-refractivity contribution in [2.75, 3.05) is 24.6 Å². The first-order valence-electron chi connectivity index (χ1n) is 14.2. The van der Waals surface area contributed by atoms with Crippen LogP contribution in [-0.2, 0) is 25.7 Å². The maximum atomic E-state index is 14.6. The molecule has 4 aliphatic rings. The summed E-state index contributed by atoms with van der Waals surface area (Å²) >= 11 is 6.61. The molecule has 0 radical (unpaired) electrons. The van der Waals surface area contributed by atoms with E-state index in [1.165, 1.54) is 4.90 Å². The molecular formula is C32H34ClN3O5. The minimum absolute atomic E-state index is 0.180. The molecule has 2 aromatic rings. The van der Waals surface area contributed by atoms with Crippen molar-refractivity contribution in [1.29, 1.82) is 0 Å². The van der Waals surface area contributed by atoms with E-state index < -0.39 is 35.6 Å². The molecule has 1 unspecified atom stereocenters. The van der Waals surface area contributed by atoms with Crippen LogP contribution in [0, 0.1) is 18.8 Å². The summed E-state index contributed by atoms with van der Waals surface area (Å²) in [6.07, 6.45) is 7.19. The number of fused-ring (bicyclic) bond motifs is 2. The van der Waals surface area contributed by atoms with E-state index in [4.69, 9.17) is 16.3 Å². The van der Waals surface area contributed by atoms with E-state index in [0.717, 1.165) is 11.1 Å². The normalized spacial score (nSPS) is 29.8. The predicted octanol–water partition coefficient (Wildman–Crippen LogP) is 3.50. The zero-order chi connectivity index (χ0) is 28.9. The number of nitrogens with zero attached hydrogens (tertiary/aromatic N) is 3. The Balaban J connectivity index is 1.44. The van der Waals surface area contributed by atoms with Gasteiger partial charge in [-0.05, 0) is 30.5 Å². The average Bonchev–Trinajstić information content (AvgIpc) is 3.29. The van der Waals surface area contributed by atoms with Crippen LogP contribution in [0.4, 0.5) is 5.69 Å². The van der Waals surface area contributed by atoms with E-state index in [1.54, 1.807) is 15.9 Å². The SMILES string of the molecule is CC[C@@H](CO)N1C(=O)[C@@H]2[C@@H]3C(=O)N(Cc4ccccc4)CC=C[C@@H]3O[C@@]23C=CCN(c2c(C)cccc2Cl)C(=O)C13. The molecule has 3 amide bonds. The van der Waals surface area contributed by atoms with Gasteiger partial charge in [-0.3, -0.25) is 14.4 Å². The number of aryl methyl sites for hydroxylation is 1. The molecule has 4 aliphatic heterocycles. The van der Waals surface area contributed by atoms with E-state index in [0.29, 0.717) is 30.2 Å². The highest BCUT2D eigenvalue weighted by molar-refractivity contribution is 6.34. The highest BCUT2D eigenvalue weighted by Crippen LogP contribution is 2.54. The Labute approximate surface area is 244 Å². The third kappa shape index (κ3) is 4.31. The number of rotatable bonds is 6. The summed E-state index contributed by atoms with van der Waals surface area (Å²) < 4.78 is 6.72. The third-order valence-electron chi connectivity index (χ3n) is 8.93. The minimum atomic E-state index is -1.37. The molecule has 4 heterocycles. The molecule has 1 spiro atoms. The summed E-state index contributed by atoms with van der Waals surface area (Å²) in [5, 5.41) is 10.8. The average molecular weight is 576 g/mol. The molecule has 0 aliphatic carbocycles. The van der Waals surface area contributed by atoms with Gasteiger partial charge in [-0.25, -0.2) is 0 Å². The Morgan fingerprint density at radius 3 is 2.51 bits per heavy atom. The standard InChI is InChI=1S/C32H34ClN3O5/c1-3-22(19-37)36-28-31(40)35(27-20(2)10-7-13-23(27)33)17-9-15-32(28)26(30(36)39)25-24(41-32)14-8-16-34(29(25)38)18-21-11-5-4-6-12-21/h4-15,22,24-26,28,37H,3,16-19H2,1-2H3/t22-,24-,25+,26-,28?,32-/m0/s1. The number of carbonyl (C=O) groups excluding carboxylic acids is 3. The van der Waals surface area contributed by atoms with Gasteiger partial charge in [0.15, 0.2) is 0 Å².